The molecule has 27 heavy (non-hydrogen) atoms. The van der Waals surface area contributed by atoms with Crippen molar-refractivity contribution in [2.75, 3.05) is 6.35 Å². The molecule has 0 aromatic heterocycles. The molecule has 0 unspecified atom stereocenters. The van der Waals surface area contributed by atoms with Gasteiger partial charge in [0.15, 0.2) is 17.9 Å². The molecule has 2 aromatic carbocycles. The first kappa shape index (κ1) is 19.1. The number of aryl methyl sites for hydroxylation is 2. The highest BCUT2D eigenvalue weighted by Crippen LogP contribution is 2.43. The van der Waals surface area contributed by atoms with Crippen LogP contribution >= 0.6 is 7.34 Å². The van der Waals surface area contributed by atoms with Crippen molar-refractivity contribution >= 4 is 25.0 Å². The van der Waals surface area contributed by atoms with E-state index in [0.717, 1.165) is 5.56 Å². The number of ether oxygens (including phenoxy) is 2. The smallest absolute Gasteiger partial charge is 0.176 e. The van der Waals surface area contributed by atoms with Crippen LogP contribution in [0.1, 0.15) is 22.3 Å². The summed E-state index contributed by atoms with van der Waals surface area (Å²) in [4.78, 5) is 18.7. The lowest BCUT2D eigenvalue weighted by atomic mass is 9.94. The first-order chi connectivity index (χ1) is 12.6. The minimum Gasteiger partial charge on any atom is -0.508 e. The van der Waals surface area contributed by atoms with Crippen molar-refractivity contribution in [1.29, 1.82) is 0 Å². The molecule has 1 heterocycles. The largest absolute Gasteiger partial charge is 0.508 e. The van der Waals surface area contributed by atoms with Gasteiger partial charge in [-0.1, -0.05) is 6.58 Å². The second-order valence-electron chi connectivity index (χ2n) is 6.53. The summed E-state index contributed by atoms with van der Waals surface area (Å²) in [5.74, 6) is 1.08. The zero-order chi connectivity index (χ0) is 19.9. The van der Waals surface area contributed by atoms with Crippen LogP contribution < -0.4 is 9.47 Å². The van der Waals surface area contributed by atoms with Crippen molar-refractivity contribution in [2.24, 2.45) is 0 Å². The SMILES string of the molecule is C=C1C(O)=C(c2ccc(OCP(=C)(O)O)c(C)c2)Oc2cc(O)cc(C)c21. The summed E-state index contributed by atoms with van der Waals surface area (Å²) in [6, 6.07) is 8.13. The van der Waals surface area contributed by atoms with Gasteiger partial charge in [-0.3, -0.25) is 0 Å². The Morgan fingerprint density at radius 1 is 1.07 bits per heavy atom. The highest BCUT2D eigenvalue weighted by molar-refractivity contribution is 7.62. The van der Waals surface area contributed by atoms with Gasteiger partial charge in [0.2, 0.25) is 0 Å². The van der Waals surface area contributed by atoms with Gasteiger partial charge in [-0.15, -0.1) is 0 Å². The number of aliphatic hydroxyl groups is 1. The van der Waals surface area contributed by atoms with Crippen LogP contribution in [0.25, 0.3) is 11.3 Å². The van der Waals surface area contributed by atoms with E-state index < -0.39 is 7.34 Å². The maximum atomic E-state index is 10.6. The number of allylic oxidation sites excluding steroid dienone is 1. The standard InChI is InChI=1S/C20H21O6P/c1-11-7-14(5-6-16(11)25-10-27(4,23)24)20-19(22)13(3)18-12(2)8-15(21)9-17(18)26-20/h5-9,21-24H,3-4,10H2,1-2H3. The molecule has 142 valence electrons. The van der Waals surface area contributed by atoms with Gasteiger partial charge in [0, 0.05) is 22.8 Å². The highest BCUT2D eigenvalue weighted by atomic mass is 31.2. The maximum absolute atomic E-state index is 10.6. The van der Waals surface area contributed by atoms with Crippen LogP contribution in [0, 0.1) is 13.8 Å². The van der Waals surface area contributed by atoms with Gasteiger partial charge in [0.25, 0.3) is 0 Å². The summed E-state index contributed by atoms with van der Waals surface area (Å²) in [7, 11) is -3.28. The average molecular weight is 388 g/mol. The fourth-order valence-electron chi connectivity index (χ4n) is 2.94. The second-order valence-corrected chi connectivity index (χ2v) is 8.54. The van der Waals surface area contributed by atoms with E-state index in [1.807, 2.05) is 0 Å². The number of benzene rings is 2. The molecule has 7 heteroatoms. The summed E-state index contributed by atoms with van der Waals surface area (Å²) in [5.41, 5.74) is 3.11. The predicted octanol–water partition coefficient (Wildman–Crippen LogP) is 3.94. The van der Waals surface area contributed by atoms with Crippen LogP contribution in [0.3, 0.4) is 0 Å². The molecule has 0 amide bonds. The molecule has 1 aliphatic heterocycles. The Labute approximate surface area is 157 Å². The number of phenolic OH excluding ortho intramolecular Hbond substituents is 1. The molecule has 0 saturated carbocycles. The van der Waals surface area contributed by atoms with Crippen molar-refractivity contribution < 1.29 is 29.5 Å². The van der Waals surface area contributed by atoms with Gasteiger partial charge in [0.05, 0.1) is 0 Å². The van der Waals surface area contributed by atoms with Crippen LogP contribution in [0.2, 0.25) is 0 Å². The Morgan fingerprint density at radius 2 is 1.78 bits per heavy atom. The third-order valence-electron chi connectivity index (χ3n) is 4.16. The van der Waals surface area contributed by atoms with Gasteiger partial charge in [-0.05, 0) is 55.5 Å². The van der Waals surface area contributed by atoms with Gasteiger partial charge in [-0.25, -0.2) is 0 Å². The van der Waals surface area contributed by atoms with Crippen LogP contribution in [0.4, 0.5) is 0 Å². The maximum Gasteiger partial charge on any atom is 0.176 e. The fraction of sp³-hybridized carbons (Fsp3) is 0.150. The molecule has 0 spiro atoms. The molecule has 0 fully saturated rings. The normalized spacial score (nSPS) is 14.0. The molecule has 0 aliphatic carbocycles. The zero-order valence-electron chi connectivity index (χ0n) is 15.1. The van der Waals surface area contributed by atoms with E-state index in [9.17, 15) is 20.0 Å². The van der Waals surface area contributed by atoms with Crippen LogP contribution in [0.15, 0.2) is 42.7 Å². The number of aliphatic hydroxyl groups excluding tert-OH is 1. The Morgan fingerprint density at radius 3 is 2.41 bits per heavy atom. The summed E-state index contributed by atoms with van der Waals surface area (Å²) in [5, 5.41) is 20.4. The number of aromatic hydroxyl groups is 1. The number of rotatable bonds is 4. The average Bonchev–Trinajstić information content (AvgIpc) is 2.55. The zero-order valence-corrected chi connectivity index (χ0v) is 16.0. The molecule has 0 saturated heterocycles. The molecule has 0 bridgehead atoms. The molecule has 0 atom stereocenters. The first-order valence-corrected chi connectivity index (χ1v) is 10.2. The highest BCUT2D eigenvalue weighted by Gasteiger charge is 2.26. The number of phenols is 1. The van der Waals surface area contributed by atoms with E-state index in [2.05, 4.69) is 12.9 Å². The lowest BCUT2D eigenvalue weighted by Crippen LogP contribution is -2.10. The van der Waals surface area contributed by atoms with E-state index >= 15 is 0 Å². The Hall–Kier alpha value is -2.66. The van der Waals surface area contributed by atoms with Crippen LogP contribution in [-0.4, -0.2) is 32.6 Å². The van der Waals surface area contributed by atoms with Gasteiger partial charge in [0.1, 0.15) is 24.6 Å². The quantitative estimate of drug-likeness (QED) is 0.592. The molecule has 3 rings (SSSR count). The number of hydrogen-bond donors (Lipinski definition) is 4. The number of hydrogen-bond acceptors (Lipinski definition) is 6. The Balaban J connectivity index is 1.97. The molecule has 6 nitrogen and oxygen atoms in total. The topological polar surface area (TPSA) is 99.4 Å². The third-order valence-corrected chi connectivity index (χ3v) is 4.71. The monoisotopic (exact) mass is 388 g/mol. The molecule has 2 aromatic rings. The summed E-state index contributed by atoms with van der Waals surface area (Å²) < 4.78 is 11.3. The molecular weight excluding hydrogens is 367 g/mol. The van der Waals surface area contributed by atoms with Gasteiger partial charge >= 0.3 is 0 Å². The minimum atomic E-state index is -3.28. The van der Waals surface area contributed by atoms with Crippen molar-refractivity contribution in [3.05, 3.63) is 64.9 Å². The fourth-order valence-corrected chi connectivity index (χ4v) is 3.28. The lowest BCUT2D eigenvalue weighted by Gasteiger charge is -2.24. The summed E-state index contributed by atoms with van der Waals surface area (Å²) >= 11 is 0. The van der Waals surface area contributed by atoms with E-state index in [-0.39, 0.29) is 23.6 Å². The Bertz CT molecular complexity index is 1020. The second kappa shape index (κ2) is 6.82. The molecule has 1 aliphatic rings. The van der Waals surface area contributed by atoms with Crippen LogP contribution in [0.5, 0.6) is 17.2 Å². The van der Waals surface area contributed by atoms with Crippen LogP contribution in [-0.2, 0) is 0 Å². The van der Waals surface area contributed by atoms with Crippen molar-refractivity contribution in [3.63, 3.8) is 0 Å². The van der Waals surface area contributed by atoms with E-state index in [0.29, 0.717) is 33.8 Å². The predicted molar refractivity (Wildman–Crippen MR) is 107 cm³/mol. The minimum absolute atomic E-state index is 0.0627. The molecular formula is C20H21O6P. The van der Waals surface area contributed by atoms with E-state index in [4.69, 9.17) is 9.47 Å². The van der Waals surface area contributed by atoms with Gasteiger partial charge < -0.3 is 29.5 Å². The van der Waals surface area contributed by atoms with Gasteiger partial charge in [-0.2, -0.15) is 0 Å². The van der Waals surface area contributed by atoms with E-state index in [1.54, 1.807) is 38.1 Å². The van der Waals surface area contributed by atoms with E-state index in [1.165, 1.54) is 6.07 Å². The molecule has 0 radical (unpaired) electrons. The van der Waals surface area contributed by atoms with Crippen molar-refractivity contribution in [2.45, 2.75) is 13.8 Å². The Kier molecular flexibility index (Phi) is 4.82. The summed E-state index contributed by atoms with van der Waals surface area (Å²) in [6.07, 6.45) is 2.99. The lowest BCUT2D eigenvalue weighted by molar-refractivity contribution is 0.343. The van der Waals surface area contributed by atoms with Crippen molar-refractivity contribution in [3.8, 4) is 17.2 Å². The molecule has 4 N–H and O–H groups in total. The first-order valence-electron chi connectivity index (χ1n) is 8.13. The van der Waals surface area contributed by atoms with Crippen molar-refractivity contribution in [1.82, 2.24) is 0 Å². The third kappa shape index (κ3) is 3.88. The summed E-state index contributed by atoms with van der Waals surface area (Å²) in [6.45, 7) is 7.53. The number of fused-ring (bicyclic) bond motifs is 1.